The standard InChI is InChI=1S/C16H21N3O2/c1-18-13-7-3-2-6-12(13)17-16(18)14-8-4-10-19(14)11-5-9-15(20)21/h2-3,6-7,14H,4-5,8-11H2,1H3,(H,20,21). The van der Waals surface area contributed by atoms with Crippen LogP contribution < -0.4 is 0 Å². The summed E-state index contributed by atoms with van der Waals surface area (Å²) in [6, 6.07) is 8.50. The van der Waals surface area contributed by atoms with Crippen molar-refractivity contribution in [3.63, 3.8) is 0 Å². The molecule has 0 saturated carbocycles. The molecule has 0 radical (unpaired) electrons. The predicted molar refractivity (Wildman–Crippen MR) is 81.1 cm³/mol. The molecular formula is C16H21N3O2. The van der Waals surface area contributed by atoms with Crippen LogP contribution in [0.1, 0.15) is 37.5 Å². The number of carboxylic acid groups (broad SMARTS) is 1. The van der Waals surface area contributed by atoms with Crippen LogP contribution in [-0.4, -0.2) is 38.6 Å². The SMILES string of the molecule is Cn1c(C2CCCN2CCCC(=O)O)nc2ccccc21. The van der Waals surface area contributed by atoms with Crippen molar-refractivity contribution in [2.45, 2.75) is 31.7 Å². The zero-order valence-corrected chi connectivity index (χ0v) is 12.3. The lowest BCUT2D eigenvalue weighted by Crippen LogP contribution is -2.26. The highest BCUT2D eigenvalue weighted by Crippen LogP contribution is 2.32. The summed E-state index contributed by atoms with van der Waals surface area (Å²) in [5.41, 5.74) is 2.19. The van der Waals surface area contributed by atoms with Crippen LogP contribution in [-0.2, 0) is 11.8 Å². The van der Waals surface area contributed by atoms with Gasteiger partial charge in [0.15, 0.2) is 0 Å². The van der Waals surface area contributed by atoms with Gasteiger partial charge in [-0.25, -0.2) is 4.98 Å². The molecule has 0 bridgehead atoms. The highest BCUT2D eigenvalue weighted by atomic mass is 16.4. The molecule has 112 valence electrons. The molecule has 1 atom stereocenters. The Morgan fingerprint density at radius 3 is 3.00 bits per heavy atom. The minimum absolute atomic E-state index is 0.242. The van der Waals surface area contributed by atoms with E-state index in [0.717, 1.165) is 42.8 Å². The minimum Gasteiger partial charge on any atom is -0.481 e. The van der Waals surface area contributed by atoms with E-state index in [1.807, 2.05) is 18.2 Å². The Labute approximate surface area is 124 Å². The fourth-order valence-electron chi connectivity index (χ4n) is 3.28. The second-order valence-electron chi connectivity index (χ2n) is 5.71. The molecule has 21 heavy (non-hydrogen) atoms. The summed E-state index contributed by atoms with van der Waals surface area (Å²) in [5, 5.41) is 8.77. The molecule has 1 fully saturated rings. The van der Waals surface area contributed by atoms with E-state index >= 15 is 0 Å². The van der Waals surface area contributed by atoms with Gasteiger partial charge in [0, 0.05) is 13.5 Å². The monoisotopic (exact) mass is 287 g/mol. The number of aromatic nitrogens is 2. The van der Waals surface area contributed by atoms with Gasteiger partial charge in [0.1, 0.15) is 5.82 Å². The van der Waals surface area contributed by atoms with Gasteiger partial charge in [-0.15, -0.1) is 0 Å². The fourth-order valence-corrected chi connectivity index (χ4v) is 3.28. The first-order chi connectivity index (χ1) is 10.2. The number of benzene rings is 1. The highest BCUT2D eigenvalue weighted by Gasteiger charge is 2.29. The molecule has 5 heteroatoms. The largest absolute Gasteiger partial charge is 0.481 e. The van der Waals surface area contributed by atoms with Gasteiger partial charge in [0.2, 0.25) is 0 Å². The summed E-state index contributed by atoms with van der Waals surface area (Å²) in [6.07, 6.45) is 3.20. The van der Waals surface area contributed by atoms with Gasteiger partial charge in [-0.1, -0.05) is 12.1 Å². The fraction of sp³-hybridized carbons (Fsp3) is 0.500. The van der Waals surface area contributed by atoms with Crippen LogP contribution in [0.3, 0.4) is 0 Å². The normalized spacial score (nSPS) is 19.4. The zero-order valence-electron chi connectivity index (χ0n) is 12.3. The quantitative estimate of drug-likeness (QED) is 0.918. The van der Waals surface area contributed by atoms with E-state index in [1.54, 1.807) is 0 Å². The van der Waals surface area contributed by atoms with Crippen LogP contribution in [0.15, 0.2) is 24.3 Å². The van der Waals surface area contributed by atoms with Crippen molar-refractivity contribution in [2.75, 3.05) is 13.1 Å². The smallest absolute Gasteiger partial charge is 0.303 e. The van der Waals surface area contributed by atoms with Crippen LogP contribution in [0.25, 0.3) is 11.0 Å². The highest BCUT2D eigenvalue weighted by molar-refractivity contribution is 5.75. The summed E-state index contributed by atoms with van der Waals surface area (Å²) in [5.74, 6) is 0.387. The molecule has 0 spiro atoms. The Morgan fingerprint density at radius 1 is 1.43 bits per heavy atom. The van der Waals surface area contributed by atoms with E-state index in [9.17, 15) is 4.79 Å². The minimum atomic E-state index is -0.714. The average Bonchev–Trinajstić information content (AvgIpc) is 3.04. The molecule has 1 aliphatic heterocycles. The van der Waals surface area contributed by atoms with Gasteiger partial charge in [0.05, 0.1) is 17.1 Å². The van der Waals surface area contributed by atoms with Crippen molar-refractivity contribution in [1.29, 1.82) is 0 Å². The average molecular weight is 287 g/mol. The molecule has 1 aromatic carbocycles. The maximum atomic E-state index is 10.7. The number of imidazole rings is 1. The zero-order chi connectivity index (χ0) is 14.8. The number of hydrogen-bond donors (Lipinski definition) is 1. The molecule has 1 aliphatic rings. The number of hydrogen-bond acceptors (Lipinski definition) is 3. The first-order valence-corrected chi connectivity index (χ1v) is 7.54. The maximum absolute atomic E-state index is 10.7. The third-order valence-corrected chi connectivity index (χ3v) is 4.32. The number of aliphatic carboxylic acids is 1. The molecule has 5 nitrogen and oxygen atoms in total. The summed E-state index contributed by atoms with van der Waals surface area (Å²) < 4.78 is 2.18. The van der Waals surface area contributed by atoms with Gasteiger partial charge in [-0.2, -0.15) is 0 Å². The third-order valence-electron chi connectivity index (χ3n) is 4.32. The number of nitrogens with zero attached hydrogens (tertiary/aromatic N) is 3. The number of fused-ring (bicyclic) bond motifs is 1. The van der Waals surface area contributed by atoms with Crippen molar-refractivity contribution >= 4 is 17.0 Å². The summed E-state index contributed by atoms with van der Waals surface area (Å²) in [7, 11) is 2.07. The summed E-state index contributed by atoms with van der Waals surface area (Å²) in [4.78, 5) is 17.8. The number of para-hydroxylation sites is 2. The Bertz CT molecular complexity index is 650. The van der Waals surface area contributed by atoms with Crippen molar-refractivity contribution < 1.29 is 9.90 Å². The number of carboxylic acids is 1. The summed E-state index contributed by atoms with van der Waals surface area (Å²) >= 11 is 0. The van der Waals surface area contributed by atoms with Gasteiger partial charge >= 0.3 is 5.97 Å². The lowest BCUT2D eigenvalue weighted by atomic mass is 10.2. The molecule has 3 rings (SSSR count). The molecule has 1 aromatic heterocycles. The first-order valence-electron chi connectivity index (χ1n) is 7.54. The van der Waals surface area contributed by atoms with Crippen LogP contribution in [0.4, 0.5) is 0 Å². The van der Waals surface area contributed by atoms with E-state index in [2.05, 4.69) is 22.6 Å². The second kappa shape index (κ2) is 5.85. The first kappa shape index (κ1) is 14.1. The third kappa shape index (κ3) is 2.78. The van der Waals surface area contributed by atoms with Crippen molar-refractivity contribution in [2.24, 2.45) is 7.05 Å². The van der Waals surface area contributed by atoms with E-state index in [4.69, 9.17) is 10.1 Å². The van der Waals surface area contributed by atoms with Crippen LogP contribution in [0, 0.1) is 0 Å². The number of rotatable bonds is 5. The van der Waals surface area contributed by atoms with Crippen LogP contribution in [0.5, 0.6) is 0 Å². The maximum Gasteiger partial charge on any atom is 0.303 e. The Morgan fingerprint density at radius 2 is 2.24 bits per heavy atom. The molecule has 0 amide bonds. The number of aryl methyl sites for hydroxylation is 1. The Balaban J connectivity index is 1.80. The Kier molecular flexibility index (Phi) is 3.92. The van der Waals surface area contributed by atoms with Crippen molar-refractivity contribution in [1.82, 2.24) is 14.5 Å². The summed E-state index contributed by atoms with van der Waals surface area (Å²) in [6.45, 7) is 1.87. The van der Waals surface area contributed by atoms with E-state index in [1.165, 1.54) is 0 Å². The topological polar surface area (TPSA) is 58.4 Å². The lowest BCUT2D eigenvalue weighted by Gasteiger charge is -2.23. The molecule has 1 unspecified atom stereocenters. The number of likely N-dealkylation sites (tertiary alicyclic amines) is 1. The lowest BCUT2D eigenvalue weighted by molar-refractivity contribution is -0.137. The van der Waals surface area contributed by atoms with Crippen LogP contribution >= 0.6 is 0 Å². The number of carbonyl (C=O) groups is 1. The molecule has 2 heterocycles. The van der Waals surface area contributed by atoms with Crippen LogP contribution in [0.2, 0.25) is 0 Å². The predicted octanol–water partition coefficient (Wildman–Crippen LogP) is 2.58. The second-order valence-corrected chi connectivity index (χ2v) is 5.71. The van der Waals surface area contributed by atoms with E-state index < -0.39 is 5.97 Å². The van der Waals surface area contributed by atoms with Gasteiger partial charge in [0.25, 0.3) is 0 Å². The molecule has 1 N–H and O–H groups in total. The van der Waals surface area contributed by atoms with Gasteiger partial charge in [-0.05, 0) is 44.5 Å². The van der Waals surface area contributed by atoms with E-state index in [-0.39, 0.29) is 6.42 Å². The molecule has 1 saturated heterocycles. The van der Waals surface area contributed by atoms with Gasteiger partial charge < -0.3 is 9.67 Å². The van der Waals surface area contributed by atoms with E-state index in [0.29, 0.717) is 12.5 Å². The molecule has 2 aromatic rings. The van der Waals surface area contributed by atoms with Crippen molar-refractivity contribution in [3.05, 3.63) is 30.1 Å². The Hall–Kier alpha value is -1.88. The van der Waals surface area contributed by atoms with Crippen molar-refractivity contribution in [3.8, 4) is 0 Å². The molecular weight excluding hydrogens is 266 g/mol. The molecule has 0 aliphatic carbocycles. The van der Waals surface area contributed by atoms with Gasteiger partial charge in [-0.3, -0.25) is 9.69 Å².